The van der Waals surface area contributed by atoms with Crippen LogP contribution in [0.4, 0.5) is 0 Å². The Bertz CT molecular complexity index is 985. The molecule has 0 amide bonds. The minimum Gasteiger partial charge on any atom is -0.459 e. The average Bonchev–Trinajstić information content (AvgIpc) is 3.40. The molecule has 12 unspecified atom stereocenters. The molecule has 0 aromatic carbocycles. The molecule has 12 atom stereocenters. The maximum Gasteiger partial charge on any atom is 0.330 e. The lowest BCUT2D eigenvalue weighted by Gasteiger charge is -2.65. The molecule has 5 fully saturated rings. The highest BCUT2D eigenvalue weighted by Gasteiger charge is 2.78. The molecule has 0 aromatic rings. The van der Waals surface area contributed by atoms with Gasteiger partial charge in [-0.15, -0.1) is 0 Å². The van der Waals surface area contributed by atoms with Crippen LogP contribution in [0.25, 0.3) is 0 Å². The zero-order valence-corrected chi connectivity index (χ0v) is 31.0. The first-order valence-corrected chi connectivity index (χ1v) is 19.6. The van der Waals surface area contributed by atoms with Gasteiger partial charge < -0.3 is 4.74 Å². The summed E-state index contributed by atoms with van der Waals surface area (Å²) in [7, 11) is 0. The summed E-state index contributed by atoms with van der Waals surface area (Å²) < 4.78 is 6.94. The third-order valence-corrected chi connectivity index (χ3v) is 15.1. The summed E-state index contributed by atoms with van der Waals surface area (Å²) in [6.07, 6.45) is 18.2. The van der Waals surface area contributed by atoms with Gasteiger partial charge in [-0.3, -0.25) is 0 Å². The molecule has 0 radical (unpaired) electrons. The Morgan fingerprint density at radius 2 is 1.07 bits per heavy atom. The number of rotatable bonds is 8. The van der Waals surface area contributed by atoms with Crippen molar-refractivity contribution < 1.29 is 9.53 Å². The van der Waals surface area contributed by atoms with Crippen molar-refractivity contribution in [2.75, 3.05) is 0 Å². The minimum atomic E-state index is -0.0596. The molecule has 5 rings (SSSR count). The Kier molecular flexibility index (Phi) is 10.5. The fourth-order valence-corrected chi connectivity index (χ4v) is 13.6. The van der Waals surface area contributed by atoms with Gasteiger partial charge in [0.2, 0.25) is 0 Å². The molecular weight excluding hydrogens is 536 g/mol. The smallest absolute Gasteiger partial charge is 0.330 e. The van der Waals surface area contributed by atoms with Gasteiger partial charge >= 0.3 is 5.97 Å². The highest BCUT2D eigenvalue weighted by molar-refractivity contribution is 5.82. The summed E-state index contributed by atoms with van der Waals surface area (Å²) in [6.45, 7) is 27.1. The van der Waals surface area contributed by atoms with Gasteiger partial charge in [-0.1, -0.05) is 87.1 Å². The van der Waals surface area contributed by atoms with Crippen LogP contribution in [-0.2, 0) is 9.53 Å². The van der Waals surface area contributed by atoms with E-state index in [0.29, 0.717) is 17.8 Å². The van der Waals surface area contributed by atoms with Gasteiger partial charge in [0, 0.05) is 11.5 Å². The van der Waals surface area contributed by atoms with Crippen LogP contribution in [0.5, 0.6) is 0 Å². The summed E-state index contributed by atoms with van der Waals surface area (Å²) >= 11 is 0. The van der Waals surface area contributed by atoms with E-state index in [1.54, 1.807) is 6.08 Å². The highest BCUT2D eigenvalue weighted by Crippen LogP contribution is 2.81. The monoisotopic (exact) mass is 609 g/mol. The van der Waals surface area contributed by atoms with Crippen LogP contribution in [0.3, 0.4) is 0 Å². The van der Waals surface area contributed by atoms with Crippen LogP contribution >= 0.6 is 0 Å². The number of fused-ring (bicyclic) bond motifs is 2. The standard InChI is InChI=1S/C42H72O2/c1-25(2)20-40(43)44-39-24-32-18-19-41(39,36-21-29(9)12-15-33(36)26(3)4)42(32,37-22-30(10)13-16-34(37)27(5)6)38-23-31(11)14-17-35(38)28(7)8/h20,26-39H,12-19,21-24H2,1-11H3. The lowest BCUT2D eigenvalue weighted by atomic mass is 9.39. The Morgan fingerprint density at radius 1 is 0.636 bits per heavy atom. The van der Waals surface area contributed by atoms with E-state index < -0.39 is 0 Å². The van der Waals surface area contributed by atoms with Crippen LogP contribution in [-0.4, -0.2) is 12.1 Å². The number of esters is 1. The maximum atomic E-state index is 13.7. The van der Waals surface area contributed by atoms with Crippen molar-refractivity contribution in [1.29, 1.82) is 0 Å². The first-order valence-electron chi connectivity index (χ1n) is 19.6. The number of allylic oxidation sites excluding steroid dienone is 1. The Labute approximate surface area is 273 Å². The molecule has 252 valence electrons. The summed E-state index contributed by atoms with van der Waals surface area (Å²) in [4.78, 5) is 13.7. The lowest BCUT2D eigenvalue weighted by Crippen LogP contribution is -2.62. The zero-order chi connectivity index (χ0) is 32.1. The molecule has 2 nitrogen and oxygen atoms in total. The number of hydrogen-bond donors (Lipinski definition) is 0. The van der Waals surface area contributed by atoms with Crippen molar-refractivity contribution in [2.45, 2.75) is 159 Å². The lowest BCUT2D eigenvalue weighted by molar-refractivity contribution is -0.204. The molecule has 0 aliphatic heterocycles. The van der Waals surface area contributed by atoms with E-state index in [0.717, 1.165) is 71.2 Å². The molecule has 0 aromatic heterocycles. The fourth-order valence-electron chi connectivity index (χ4n) is 13.6. The quantitative estimate of drug-likeness (QED) is 0.202. The molecule has 5 saturated carbocycles. The van der Waals surface area contributed by atoms with Crippen molar-refractivity contribution in [3.63, 3.8) is 0 Å². The van der Waals surface area contributed by atoms with E-state index in [2.05, 4.69) is 62.3 Å². The third-order valence-electron chi connectivity index (χ3n) is 15.1. The van der Waals surface area contributed by atoms with E-state index in [4.69, 9.17) is 4.74 Å². The Morgan fingerprint density at radius 3 is 1.50 bits per heavy atom. The molecule has 5 aliphatic rings. The second-order valence-corrected chi connectivity index (χ2v) is 18.9. The summed E-state index contributed by atoms with van der Waals surface area (Å²) in [5, 5.41) is 0. The number of hydrogen-bond acceptors (Lipinski definition) is 2. The molecule has 2 heteroatoms. The summed E-state index contributed by atoms with van der Waals surface area (Å²) in [5.41, 5.74) is 1.45. The van der Waals surface area contributed by atoms with Crippen molar-refractivity contribution in [2.24, 2.45) is 87.8 Å². The third kappa shape index (κ3) is 5.80. The molecule has 44 heavy (non-hydrogen) atoms. The molecule has 5 aliphatic carbocycles. The number of carbonyl (C=O) groups excluding carboxylic acids is 1. The van der Waals surface area contributed by atoms with Crippen molar-refractivity contribution >= 4 is 5.97 Å². The predicted octanol–water partition coefficient (Wildman–Crippen LogP) is 11.8. The molecular formula is C42H72O2. The molecule has 0 N–H and O–H groups in total. The molecule has 0 saturated heterocycles. The number of ether oxygens (including phenoxy) is 1. The second-order valence-electron chi connectivity index (χ2n) is 18.9. The van der Waals surface area contributed by atoms with Crippen molar-refractivity contribution in [1.82, 2.24) is 0 Å². The van der Waals surface area contributed by atoms with Gasteiger partial charge in [0.05, 0.1) is 0 Å². The highest BCUT2D eigenvalue weighted by atomic mass is 16.5. The van der Waals surface area contributed by atoms with E-state index in [9.17, 15) is 4.79 Å². The Hall–Kier alpha value is -0.790. The van der Waals surface area contributed by atoms with Crippen LogP contribution in [0.15, 0.2) is 11.6 Å². The fraction of sp³-hybridized carbons (Fsp3) is 0.929. The maximum absolute atomic E-state index is 13.7. The SMILES string of the molecule is CC(C)=CC(=O)OC1CC2CCC1(C1CC(C)CCC1C(C)C)C2(C1CC(C)CCC1C(C)C)C1CC(C)CCC1C(C)C. The zero-order valence-electron chi connectivity index (χ0n) is 31.0. The van der Waals surface area contributed by atoms with Gasteiger partial charge in [-0.25, -0.2) is 4.79 Å². The van der Waals surface area contributed by atoms with Crippen molar-refractivity contribution in [3.8, 4) is 0 Å². The van der Waals surface area contributed by atoms with Crippen LogP contribution in [0.2, 0.25) is 0 Å². The van der Waals surface area contributed by atoms with Crippen molar-refractivity contribution in [3.05, 3.63) is 11.6 Å². The minimum absolute atomic E-state index is 0.0596. The van der Waals surface area contributed by atoms with E-state index >= 15 is 0 Å². The molecule has 2 bridgehead atoms. The van der Waals surface area contributed by atoms with Crippen LogP contribution < -0.4 is 0 Å². The molecule has 0 spiro atoms. The van der Waals surface area contributed by atoms with Crippen LogP contribution in [0.1, 0.15) is 153 Å². The average molecular weight is 609 g/mol. The van der Waals surface area contributed by atoms with Gasteiger partial charge in [0.15, 0.2) is 0 Å². The summed E-state index contributed by atoms with van der Waals surface area (Å²) in [5.74, 6) is 9.65. The summed E-state index contributed by atoms with van der Waals surface area (Å²) in [6, 6.07) is 0. The molecule has 0 heterocycles. The van der Waals surface area contributed by atoms with Gasteiger partial charge in [0.25, 0.3) is 0 Å². The first-order chi connectivity index (χ1) is 20.7. The number of carbonyl (C=O) groups is 1. The van der Waals surface area contributed by atoms with Gasteiger partial charge in [-0.05, 0) is 154 Å². The van der Waals surface area contributed by atoms with E-state index in [1.807, 2.05) is 13.8 Å². The Balaban J connectivity index is 1.80. The van der Waals surface area contributed by atoms with E-state index in [1.165, 1.54) is 70.6 Å². The predicted molar refractivity (Wildman–Crippen MR) is 186 cm³/mol. The van der Waals surface area contributed by atoms with E-state index in [-0.39, 0.29) is 22.9 Å². The second kappa shape index (κ2) is 13.4. The largest absolute Gasteiger partial charge is 0.459 e. The normalized spacial score (nSPS) is 46.1. The van der Waals surface area contributed by atoms with Gasteiger partial charge in [-0.2, -0.15) is 0 Å². The first kappa shape index (κ1) is 34.5. The van der Waals surface area contributed by atoms with Crippen LogP contribution in [0, 0.1) is 87.8 Å². The van der Waals surface area contributed by atoms with Gasteiger partial charge in [0.1, 0.15) is 6.10 Å². The topological polar surface area (TPSA) is 26.3 Å².